The number of carbonyl (C=O) groups is 2. The average Bonchev–Trinajstić information content (AvgIpc) is 2.59. The molecule has 0 aromatic rings. The van der Waals surface area contributed by atoms with E-state index in [4.69, 9.17) is 21.1 Å². The van der Waals surface area contributed by atoms with Crippen LogP contribution in [0.25, 0.3) is 0 Å². The van der Waals surface area contributed by atoms with Crippen molar-refractivity contribution in [2.75, 3.05) is 6.07 Å². The summed E-state index contributed by atoms with van der Waals surface area (Å²) < 4.78 is 10.2. The van der Waals surface area contributed by atoms with Crippen LogP contribution in [-0.4, -0.2) is 29.8 Å². The van der Waals surface area contributed by atoms with E-state index < -0.39 is 5.60 Å². The van der Waals surface area contributed by atoms with Crippen molar-refractivity contribution in [2.45, 2.75) is 58.1 Å². The van der Waals surface area contributed by atoms with Gasteiger partial charge < -0.3 is 14.8 Å². The summed E-state index contributed by atoms with van der Waals surface area (Å²) in [5, 5.41) is 2.99. The third-order valence-corrected chi connectivity index (χ3v) is 4.42. The average molecular weight is 318 g/mol. The number of hydrogen-bond acceptors (Lipinski definition) is 4. The lowest BCUT2D eigenvalue weighted by molar-refractivity contribution is -0.148. The highest BCUT2D eigenvalue weighted by atomic mass is 35.5. The van der Waals surface area contributed by atoms with Crippen molar-refractivity contribution >= 4 is 23.7 Å². The van der Waals surface area contributed by atoms with Crippen LogP contribution < -0.4 is 5.32 Å². The monoisotopic (exact) mass is 317 g/mol. The Morgan fingerprint density at radius 1 is 1.19 bits per heavy atom. The SMILES string of the molecule is CC(C)(C)OC(=O)NC1C2CCC1CC(C(=O)OCCl)C2. The van der Waals surface area contributed by atoms with Crippen LogP contribution in [0.15, 0.2) is 0 Å². The van der Waals surface area contributed by atoms with Crippen LogP contribution in [0.5, 0.6) is 0 Å². The Bertz CT molecular complexity index is 393. The molecule has 5 nitrogen and oxygen atoms in total. The van der Waals surface area contributed by atoms with Crippen LogP contribution in [0.3, 0.4) is 0 Å². The normalized spacial score (nSPS) is 31.6. The van der Waals surface area contributed by atoms with E-state index in [1.54, 1.807) is 0 Å². The summed E-state index contributed by atoms with van der Waals surface area (Å²) >= 11 is 5.45. The van der Waals surface area contributed by atoms with E-state index in [1.165, 1.54) is 0 Å². The van der Waals surface area contributed by atoms with Crippen molar-refractivity contribution in [1.29, 1.82) is 0 Å². The van der Waals surface area contributed by atoms with E-state index in [-0.39, 0.29) is 30.1 Å². The van der Waals surface area contributed by atoms with E-state index in [2.05, 4.69) is 5.32 Å². The fraction of sp³-hybridized carbons (Fsp3) is 0.867. The third-order valence-electron chi connectivity index (χ3n) is 4.31. The molecule has 0 radical (unpaired) electrons. The Morgan fingerprint density at radius 2 is 1.76 bits per heavy atom. The molecule has 2 fully saturated rings. The standard InChI is InChI=1S/C15H24ClNO4/c1-15(2,3)21-14(19)17-12-9-4-5-10(12)7-11(6-9)13(18)20-8-16/h9-12H,4-8H2,1-3H3,(H,17,19). The van der Waals surface area contributed by atoms with Gasteiger partial charge in [-0.3, -0.25) is 4.79 Å². The number of alkyl carbamates (subject to hydrolysis) is 1. The number of alkyl halides is 1. The Morgan fingerprint density at radius 3 is 2.24 bits per heavy atom. The fourth-order valence-electron chi connectivity index (χ4n) is 3.57. The van der Waals surface area contributed by atoms with Gasteiger partial charge in [0.05, 0.1) is 5.92 Å². The minimum Gasteiger partial charge on any atom is -0.449 e. The van der Waals surface area contributed by atoms with Crippen LogP contribution in [0, 0.1) is 17.8 Å². The topological polar surface area (TPSA) is 64.6 Å². The van der Waals surface area contributed by atoms with Gasteiger partial charge in [-0.2, -0.15) is 0 Å². The zero-order valence-corrected chi connectivity index (χ0v) is 13.6. The molecule has 0 saturated heterocycles. The summed E-state index contributed by atoms with van der Waals surface area (Å²) in [7, 11) is 0. The molecule has 2 unspecified atom stereocenters. The Balaban J connectivity index is 1.91. The molecule has 0 aromatic heterocycles. The molecule has 0 aliphatic heterocycles. The highest BCUT2D eigenvalue weighted by Gasteiger charge is 2.46. The summed E-state index contributed by atoms with van der Waals surface area (Å²) in [4.78, 5) is 23.7. The molecule has 0 aromatic carbocycles. The van der Waals surface area contributed by atoms with Gasteiger partial charge in [-0.25, -0.2) is 4.79 Å². The van der Waals surface area contributed by atoms with Crippen molar-refractivity contribution < 1.29 is 19.1 Å². The molecule has 21 heavy (non-hydrogen) atoms. The number of carbonyl (C=O) groups excluding carboxylic acids is 2. The largest absolute Gasteiger partial charge is 0.449 e. The van der Waals surface area contributed by atoms with Crippen molar-refractivity contribution in [3.05, 3.63) is 0 Å². The first-order chi connectivity index (χ1) is 9.80. The van der Waals surface area contributed by atoms with Gasteiger partial charge in [-0.1, -0.05) is 11.6 Å². The molecule has 120 valence electrons. The maximum absolute atomic E-state index is 11.9. The number of hydrogen-bond donors (Lipinski definition) is 1. The van der Waals surface area contributed by atoms with Crippen molar-refractivity contribution in [3.63, 3.8) is 0 Å². The lowest BCUT2D eigenvalue weighted by Crippen LogP contribution is -2.47. The molecular weight excluding hydrogens is 294 g/mol. The molecule has 2 saturated carbocycles. The first kappa shape index (κ1) is 16.4. The Hall–Kier alpha value is -0.970. The van der Waals surface area contributed by atoms with Gasteiger partial charge in [-0.15, -0.1) is 0 Å². The van der Waals surface area contributed by atoms with Crippen molar-refractivity contribution in [3.8, 4) is 0 Å². The van der Waals surface area contributed by atoms with Crippen LogP contribution in [-0.2, 0) is 14.3 Å². The lowest BCUT2D eigenvalue weighted by Gasteiger charge is -2.35. The van der Waals surface area contributed by atoms with Crippen molar-refractivity contribution in [1.82, 2.24) is 5.32 Å². The highest BCUT2D eigenvalue weighted by Crippen LogP contribution is 2.45. The molecular formula is C15H24ClNO4. The predicted molar refractivity (Wildman–Crippen MR) is 78.9 cm³/mol. The number of esters is 1. The van der Waals surface area contributed by atoms with E-state index in [9.17, 15) is 9.59 Å². The molecule has 2 atom stereocenters. The van der Waals surface area contributed by atoms with Gasteiger partial charge in [0.1, 0.15) is 5.60 Å². The zero-order valence-electron chi connectivity index (χ0n) is 12.9. The first-order valence-corrected chi connectivity index (χ1v) is 8.05. The number of ether oxygens (including phenoxy) is 2. The van der Waals surface area contributed by atoms with Gasteiger partial charge >= 0.3 is 12.1 Å². The van der Waals surface area contributed by atoms with Crippen LogP contribution >= 0.6 is 11.6 Å². The lowest BCUT2D eigenvalue weighted by atomic mass is 9.77. The number of amides is 1. The molecule has 0 spiro atoms. The molecule has 1 N–H and O–H groups in total. The van der Waals surface area contributed by atoms with E-state index >= 15 is 0 Å². The summed E-state index contributed by atoms with van der Waals surface area (Å²) in [6, 6.07) is 0.0180. The number of fused-ring (bicyclic) bond motifs is 2. The minimum absolute atomic E-state index is 0.0852. The first-order valence-electron chi connectivity index (χ1n) is 7.52. The van der Waals surface area contributed by atoms with E-state index in [1.807, 2.05) is 20.8 Å². The maximum atomic E-state index is 11.9. The summed E-state index contributed by atoms with van der Waals surface area (Å²) in [6.45, 7) is 5.54. The van der Waals surface area contributed by atoms with Gasteiger partial charge in [0.15, 0.2) is 6.07 Å². The predicted octanol–water partition coefficient (Wildman–Crippen LogP) is 3.06. The second-order valence-electron chi connectivity index (χ2n) is 7.01. The third kappa shape index (κ3) is 4.25. The van der Waals surface area contributed by atoms with Crippen LogP contribution in [0.2, 0.25) is 0 Å². The summed E-state index contributed by atoms with van der Waals surface area (Å²) in [6.07, 6.45) is 3.22. The zero-order chi connectivity index (χ0) is 15.6. The fourth-order valence-corrected chi connectivity index (χ4v) is 3.68. The second kappa shape index (κ2) is 6.42. The van der Waals surface area contributed by atoms with Crippen molar-refractivity contribution in [2.24, 2.45) is 17.8 Å². The molecule has 2 aliphatic carbocycles. The van der Waals surface area contributed by atoms with Gasteiger partial charge in [0.2, 0.25) is 0 Å². The Labute approximate surface area is 130 Å². The van der Waals surface area contributed by atoms with E-state index in [0.717, 1.165) is 25.7 Å². The molecule has 2 bridgehead atoms. The second-order valence-corrected chi connectivity index (χ2v) is 7.23. The molecule has 2 rings (SSSR count). The number of halogens is 1. The molecule has 6 heteroatoms. The minimum atomic E-state index is -0.496. The van der Waals surface area contributed by atoms with Crippen LogP contribution in [0.1, 0.15) is 46.5 Å². The smallest absolute Gasteiger partial charge is 0.407 e. The maximum Gasteiger partial charge on any atom is 0.407 e. The van der Waals surface area contributed by atoms with Gasteiger partial charge in [0.25, 0.3) is 0 Å². The number of nitrogens with one attached hydrogen (secondary N) is 1. The summed E-state index contributed by atoms with van der Waals surface area (Å²) in [5.74, 6) is 0.351. The molecule has 1 amide bonds. The molecule has 2 aliphatic rings. The summed E-state index contributed by atoms with van der Waals surface area (Å²) in [5.41, 5.74) is -0.496. The van der Waals surface area contributed by atoms with Gasteiger partial charge in [0, 0.05) is 6.04 Å². The highest BCUT2D eigenvalue weighted by molar-refractivity contribution is 6.17. The Kier molecular flexibility index (Phi) is 5.02. The van der Waals surface area contributed by atoms with Gasteiger partial charge in [-0.05, 0) is 58.3 Å². The number of rotatable bonds is 3. The quantitative estimate of drug-likeness (QED) is 0.642. The van der Waals surface area contributed by atoms with Crippen LogP contribution in [0.4, 0.5) is 4.79 Å². The van der Waals surface area contributed by atoms with E-state index in [0.29, 0.717) is 11.8 Å². The molecule has 0 heterocycles.